The molecule has 1 heterocycles. The number of benzene rings is 3. The van der Waals surface area contributed by atoms with Gasteiger partial charge in [-0.3, -0.25) is 9.10 Å². The molecule has 4 aromatic rings. The number of carbonyl (C=O) groups is 1. The molecule has 1 atom stereocenters. The summed E-state index contributed by atoms with van der Waals surface area (Å²) in [5.74, 6) is -0.401. The molecule has 0 fully saturated rings. The van der Waals surface area contributed by atoms with Crippen LogP contribution in [-0.4, -0.2) is 31.2 Å². The van der Waals surface area contributed by atoms with Crippen molar-refractivity contribution in [1.29, 1.82) is 0 Å². The lowest BCUT2D eigenvalue weighted by Gasteiger charge is -2.30. The molecule has 4 rings (SSSR count). The van der Waals surface area contributed by atoms with Gasteiger partial charge in [-0.2, -0.15) is 0 Å². The van der Waals surface area contributed by atoms with Crippen LogP contribution in [0, 0.1) is 0 Å². The zero-order valence-corrected chi connectivity index (χ0v) is 20.3. The van der Waals surface area contributed by atoms with Crippen LogP contribution in [0.15, 0.2) is 66.7 Å². The number of hydrogen-bond donors (Lipinski definition) is 1. The Bertz CT molecular complexity index is 1450. The Kier molecular flexibility index (Phi) is 6.36. The number of amides is 1. The highest BCUT2D eigenvalue weighted by Crippen LogP contribution is 2.31. The van der Waals surface area contributed by atoms with Gasteiger partial charge in [-0.25, -0.2) is 8.42 Å². The van der Waals surface area contributed by atoms with Gasteiger partial charge in [0.1, 0.15) is 6.04 Å². The molecule has 1 aromatic heterocycles. The van der Waals surface area contributed by atoms with Crippen molar-refractivity contribution < 1.29 is 13.2 Å². The molecule has 172 valence electrons. The van der Waals surface area contributed by atoms with Crippen LogP contribution in [0.2, 0.25) is 5.02 Å². The molecule has 1 N–H and O–H groups in total. The molecule has 0 saturated carbocycles. The van der Waals surface area contributed by atoms with E-state index in [2.05, 4.69) is 28.9 Å². The summed E-state index contributed by atoms with van der Waals surface area (Å²) in [4.78, 5) is 13.3. The molecule has 0 saturated heterocycles. The third-order valence-electron chi connectivity index (χ3n) is 5.75. The zero-order valence-electron chi connectivity index (χ0n) is 18.7. The van der Waals surface area contributed by atoms with E-state index in [0.29, 0.717) is 22.8 Å². The Hall–Kier alpha value is -3.03. The fourth-order valence-corrected chi connectivity index (χ4v) is 5.76. The van der Waals surface area contributed by atoms with Gasteiger partial charge >= 0.3 is 0 Å². The lowest BCUT2D eigenvalue weighted by atomic mass is 10.1. The largest absolute Gasteiger partial charge is 0.341 e. The normalized spacial score (nSPS) is 12.7. The van der Waals surface area contributed by atoms with Gasteiger partial charge in [-0.1, -0.05) is 42.8 Å². The van der Waals surface area contributed by atoms with Gasteiger partial charge in [0.15, 0.2) is 0 Å². The Morgan fingerprint density at radius 1 is 1.00 bits per heavy atom. The van der Waals surface area contributed by atoms with Gasteiger partial charge in [0.25, 0.3) is 0 Å². The van der Waals surface area contributed by atoms with Crippen molar-refractivity contribution in [3.63, 3.8) is 0 Å². The average Bonchev–Trinajstić information content (AvgIpc) is 3.09. The Balaban J connectivity index is 1.72. The second-order valence-electron chi connectivity index (χ2n) is 7.95. The van der Waals surface area contributed by atoms with E-state index in [-0.39, 0.29) is 0 Å². The highest BCUT2D eigenvalue weighted by atomic mass is 35.5. The van der Waals surface area contributed by atoms with E-state index < -0.39 is 22.0 Å². The molecule has 0 spiro atoms. The number of nitrogens with one attached hydrogen (secondary N) is 1. The number of anilines is 2. The molecule has 0 radical (unpaired) electrons. The Labute approximate surface area is 198 Å². The number of rotatable bonds is 7. The minimum absolute atomic E-state index is 0.294. The van der Waals surface area contributed by atoms with Crippen molar-refractivity contribution in [2.24, 2.45) is 0 Å². The highest BCUT2D eigenvalue weighted by molar-refractivity contribution is 7.92. The predicted molar refractivity (Wildman–Crippen MR) is 137 cm³/mol. The summed E-state index contributed by atoms with van der Waals surface area (Å²) in [6.07, 6.45) is 1.39. The molecule has 1 amide bonds. The average molecular weight is 484 g/mol. The fraction of sp³-hybridized carbons (Fsp3) is 0.240. The molecule has 0 aliphatic carbocycles. The van der Waals surface area contributed by atoms with E-state index >= 15 is 0 Å². The molecular weight excluding hydrogens is 458 g/mol. The summed E-state index contributed by atoms with van der Waals surface area (Å²) in [5, 5.41) is 5.47. The van der Waals surface area contributed by atoms with Gasteiger partial charge in [0.05, 0.1) is 11.9 Å². The van der Waals surface area contributed by atoms with E-state index in [1.807, 2.05) is 30.3 Å². The number of nitrogens with zero attached hydrogens (tertiary/aromatic N) is 2. The number of aromatic nitrogens is 1. The number of hydrogen-bond acceptors (Lipinski definition) is 3. The first-order valence-electron chi connectivity index (χ1n) is 10.8. The fourth-order valence-electron chi connectivity index (χ4n) is 4.37. The molecule has 8 heteroatoms. The minimum Gasteiger partial charge on any atom is -0.341 e. The number of carbonyl (C=O) groups excluding carboxylic acids is 1. The molecular formula is C25H26ClN3O3S. The maximum Gasteiger partial charge on any atom is 0.248 e. The van der Waals surface area contributed by atoms with Crippen molar-refractivity contribution in [3.8, 4) is 0 Å². The number of halogens is 1. The highest BCUT2D eigenvalue weighted by Gasteiger charge is 2.31. The number of sulfonamides is 1. The first kappa shape index (κ1) is 23.1. The quantitative estimate of drug-likeness (QED) is 0.369. The minimum atomic E-state index is -3.74. The van der Waals surface area contributed by atoms with Gasteiger partial charge in [-0.05, 0) is 55.8 Å². The van der Waals surface area contributed by atoms with E-state index in [9.17, 15) is 13.2 Å². The van der Waals surface area contributed by atoms with Crippen LogP contribution in [0.25, 0.3) is 21.8 Å². The summed E-state index contributed by atoms with van der Waals surface area (Å²) in [5.41, 5.74) is 3.19. The van der Waals surface area contributed by atoms with Crippen LogP contribution in [0.1, 0.15) is 20.3 Å². The molecule has 3 aromatic carbocycles. The van der Waals surface area contributed by atoms with Crippen LogP contribution in [0.4, 0.5) is 11.4 Å². The summed E-state index contributed by atoms with van der Waals surface area (Å²) < 4.78 is 28.7. The van der Waals surface area contributed by atoms with E-state index in [1.54, 1.807) is 31.2 Å². The topological polar surface area (TPSA) is 71.4 Å². The van der Waals surface area contributed by atoms with Crippen LogP contribution < -0.4 is 9.62 Å². The first-order valence-corrected chi connectivity index (χ1v) is 13.0. The molecule has 0 unspecified atom stereocenters. The lowest BCUT2D eigenvalue weighted by molar-refractivity contribution is -0.117. The summed E-state index contributed by atoms with van der Waals surface area (Å²) >= 11 is 6.09. The molecule has 0 bridgehead atoms. The maximum absolute atomic E-state index is 13.3. The van der Waals surface area contributed by atoms with Crippen molar-refractivity contribution in [2.75, 3.05) is 15.9 Å². The van der Waals surface area contributed by atoms with Gasteiger partial charge < -0.3 is 9.88 Å². The molecule has 6 nitrogen and oxygen atoms in total. The van der Waals surface area contributed by atoms with Crippen molar-refractivity contribution >= 4 is 60.7 Å². The third-order valence-corrected chi connectivity index (χ3v) is 7.16. The van der Waals surface area contributed by atoms with Crippen molar-refractivity contribution in [3.05, 3.63) is 71.8 Å². The Morgan fingerprint density at radius 3 is 2.39 bits per heavy atom. The van der Waals surface area contributed by atoms with Crippen LogP contribution in [0.5, 0.6) is 0 Å². The number of aryl methyl sites for hydroxylation is 1. The van der Waals surface area contributed by atoms with E-state index in [0.717, 1.165) is 38.9 Å². The second kappa shape index (κ2) is 9.08. The van der Waals surface area contributed by atoms with Crippen LogP contribution >= 0.6 is 11.6 Å². The number of para-hydroxylation sites is 1. The molecule has 0 aliphatic heterocycles. The van der Waals surface area contributed by atoms with Gasteiger partial charge in [0, 0.05) is 39.1 Å². The summed E-state index contributed by atoms with van der Waals surface area (Å²) in [6.45, 7) is 4.71. The van der Waals surface area contributed by atoms with Crippen molar-refractivity contribution in [1.82, 2.24) is 4.57 Å². The zero-order chi connectivity index (χ0) is 23.8. The van der Waals surface area contributed by atoms with Gasteiger partial charge in [-0.15, -0.1) is 0 Å². The van der Waals surface area contributed by atoms with Crippen LogP contribution in [0.3, 0.4) is 0 Å². The summed E-state index contributed by atoms with van der Waals surface area (Å²) in [7, 11) is -3.74. The SMILES string of the molecule is CC[C@@H](C(=O)Nc1ccc2c(c1)c1ccccc1n2CC)N(c1cccc(Cl)c1)S(C)(=O)=O. The Morgan fingerprint density at radius 2 is 1.73 bits per heavy atom. The second-order valence-corrected chi connectivity index (χ2v) is 10.2. The monoisotopic (exact) mass is 483 g/mol. The van der Waals surface area contributed by atoms with E-state index in [1.165, 1.54) is 0 Å². The van der Waals surface area contributed by atoms with E-state index in [4.69, 9.17) is 11.6 Å². The first-order chi connectivity index (χ1) is 15.7. The summed E-state index contributed by atoms with van der Waals surface area (Å²) in [6, 6.07) is 19.5. The lowest BCUT2D eigenvalue weighted by Crippen LogP contribution is -2.47. The standard InChI is InChI=1S/C25H26ClN3O3S/c1-4-22(29(33(3,31)32)19-10-8-9-17(26)15-19)25(30)27-18-13-14-24-21(16-18)20-11-6-7-12-23(20)28(24)5-2/h6-16,22H,4-5H2,1-3H3,(H,27,30)/t22-/m0/s1. The smallest absolute Gasteiger partial charge is 0.248 e. The maximum atomic E-state index is 13.3. The van der Waals surface area contributed by atoms with Gasteiger partial charge in [0.2, 0.25) is 15.9 Å². The molecule has 33 heavy (non-hydrogen) atoms. The third kappa shape index (κ3) is 4.43. The van der Waals surface area contributed by atoms with Crippen molar-refractivity contribution in [2.45, 2.75) is 32.9 Å². The number of fused-ring (bicyclic) bond motifs is 3. The predicted octanol–water partition coefficient (Wildman–Crippen LogP) is 5.65. The molecule has 0 aliphatic rings. The van der Waals surface area contributed by atoms with Crippen LogP contribution in [-0.2, 0) is 21.4 Å².